The van der Waals surface area contributed by atoms with Crippen molar-refractivity contribution in [2.45, 2.75) is 45.1 Å². The highest BCUT2D eigenvalue weighted by molar-refractivity contribution is 5.87. The summed E-state index contributed by atoms with van der Waals surface area (Å²) in [6.45, 7) is 9.17. The van der Waals surface area contributed by atoms with Crippen LogP contribution in [-0.4, -0.2) is 18.7 Å². The third kappa shape index (κ3) is 4.63. The summed E-state index contributed by atoms with van der Waals surface area (Å²) < 4.78 is 10.6. The summed E-state index contributed by atoms with van der Waals surface area (Å²) in [4.78, 5) is 11.6. The van der Waals surface area contributed by atoms with E-state index < -0.39 is 0 Å². The Morgan fingerprint density at radius 3 is 2.59 bits per heavy atom. The summed E-state index contributed by atoms with van der Waals surface area (Å²) >= 11 is 0. The van der Waals surface area contributed by atoms with Crippen molar-refractivity contribution in [2.24, 2.45) is 5.92 Å². The Bertz CT molecular complexity index is 277. The molecule has 3 nitrogen and oxygen atoms in total. The zero-order valence-corrected chi connectivity index (χ0v) is 10.6. The summed E-state index contributed by atoms with van der Waals surface area (Å²) in [6.07, 6.45) is 7.13. The second kappa shape index (κ2) is 7.15. The van der Waals surface area contributed by atoms with E-state index in [-0.39, 0.29) is 12.1 Å². The minimum atomic E-state index is -0.326. The average molecular weight is 238 g/mol. The predicted octanol–water partition coefficient (Wildman–Crippen LogP) is 3.21. The first-order valence-corrected chi connectivity index (χ1v) is 6.24. The molecule has 1 aliphatic rings. The third-order valence-electron chi connectivity index (χ3n) is 3.16. The lowest BCUT2D eigenvalue weighted by Crippen LogP contribution is -2.32. The van der Waals surface area contributed by atoms with E-state index in [0.29, 0.717) is 18.1 Å². The average Bonchev–Trinajstić information content (AvgIpc) is 2.35. The van der Waals surface area contributed by atoms with Gasteiger partial charge in [-0.25, -0.2) is 4.79 Å². The molecule has 1 aliphatic carbocycles. The Hall–Kier alpha value is -1.25. The maximum absolute atomic E-state index is 11.6. The molecule has 0 aromatic rings. The lowest BCUT2D eigenvalue weighted by molar-refractivity contribution is -0.150. The van der Waals surface area contributed by atoms with Crippen molar-refractivity contribution in [1.29, 1.82) is 0 Å². The zero-order valence-electron chi connectivity index (χ0n) is 10.6. The van der Waals surface area contributed by atoms with E-state index >= 15 is 0 Å². The first-order chi connectivity index (χ1) is 8.15. The SMILES string of the molecule is C=COCC(OC(=O)C(=C)C)C1CCCCC1. The highest BCUT2D eigenvalue weighted by Gasteiger charge is 2.27. The van der Waals surface area contributed by atoms with E-state index in [1.165, 1.54) is 25.5 Å². The van der Waals surface area contributed by atoms with Crippen LogP contribution in [-0.2, 0) is 14.3 Å². The van der Waals surface area contributed by atoms with Gasteiger partial charge in [0.15, 0.2) is 0 Å². The van der Waals surface area contributed by atoms with Crippen LogP contribution in [0.4, 0.5) is 0 Å². The molecule has 0 bridgehead atoms. The summed E-state index contributed by atoms with van der Waals surface area (Å²) in [6, 6.07) is 0. The number of hydrogen-bond acceptors (Lipinski definition) is 3. The van der Waals surface area contributed by atoms with E-state index in [9.17, 15) is 4.79 Å². The number of carbonyl (C=O) groups excluding carboxylic acids is 1. The molecule has 0 aliphatic heterocycles. The predicted molar refractivity (Wildman–Crippen MR) is 67.4 cm³/mol. The second-order valence-electron chi connectivity index (χ2n) is 4.62. The van der Waals surface area contributed by atoms with Crippen molar-refractivity contribution >= 4 is 5.97 Å². The van der Waals surface area contributed by atoms with Gasteiger partial charge in [-0.2, -0.15) is 0 Å². The van der Waals surface area contributed by atoms with Crippen LogP contribution in [0.3, 0.4) is 0 Å². The van der Waals surface area contributed by atoms with Gasteiger partial charge in [-0.15, -0.1) is 0 Å². The Kier molecular flexibility index (Phi) is 5.81. The largest absolute Gasteiger partial charge is 0.498 e. The Balaban J connectivity index is 2.54. The zero-order chi connectivity index (χ0) is 12.7. The molecular formula is C14H22O3. The van der Waals surface area contributed by atoms with E-state index in [1.54, 1.807) is 6.92 Å². The van der Waals surface area contributed by atoms with Crippen molar-refractivity contribution in [3.8, 4) is 0 Å². The fourth-order valence-corrected chi connectivity index (χ4v) is 2.17. The summed E-state index contributed by atoms with van der Waals surface area (Å²) in [5, 5.41) is 0. The fraction of sp³-hybridized carbons (Fsp3) is 0.643. The van der Waals surface area contributed by atoms with Crippen molar-refractivity contribution < 1.29 is 14.3 Å². The van der Waals surface area contributed by atoms with Crippen LogP contribution >= 0.6 is 0 Å². The van der Waals surface area contributed by atoms with Gasteiger partial charge >= 0.3 is 5.97 Å². The van der Waals surface area contributed by atoms with Gasteiger partial charge in [0.05, 0.1) is 6.26 Å². The lowest BCUT2D eigenvalue weighted by atomic mass is 9.85. The molecule has 0 radical (unpaired) electrons. The molecule has 0 spiro atoms. The van der Waals surface area contributed by atoms with Gasteiger partial charge in [0, 0.05) is 5.57 Å². The highest BCUT2D eigenvalue weighted by Crippen LogP contribution is 2.28. The van der Waals surface area contributed by atoms with Gasteiger partial charge in [0.1, 0.15) is 12.7 Å². The third-order valence-corrected chi connectivity index (χ3v) is 3.16. The molecule has 96 valence electrons. The highest BCUT2D eigenvalue weighted by atomic mass is 16.6. The lowest BCUT2D eigenvalue weighted by Gasteiger charge is -2.29. The summed E-state index contributed by atoms with van der Waals surface area (Å²) in [5.74, 6) is 0.0836. The molecule has 0 amide bonds. The van der Waals surface area contributed by atoms with Crippen LogP contribution in [0.15, 0.2) is 25.0 Å². The molecule has 1 unspecified atom stereocenters. The second-order valence-corrected chi connectivity index (χ2v) is 4.62. The van der Waals surface area contributed by atoms with Crippen molar-refractivity contribution in [3.63, 3.8) is 0 Å². The van der Waals surface area contributed by atoms with Gasteiger partial charge in [0.25, 0.3) is 0 Å². The molecule has 1 rings (SSSR count). The maximum atomic E-state index is 11.6. The molecule has 0 heterocycles. The summed E-state index contributed by atoms with van der Waals surface area (Å²) in [5.41, 5.74) is 0.435. The molecule has 0 N–H and O–H groups in total. The molecular weight excluding hydrogens is 216 g/mol. The van der Waals surface area contributed by atoms with E-state index in [2.05, 4.69) is 13.2 Å². The first-order valence-electron chi connectivity index (χ1n) is 6.24. The number of hydrogen-bond donors (Lipinski definition) is 0. The number of rotatable bonds is 6. The molecule has 0 aromatic carbocycles. The minimum absolute atomic E-state index is 0.169. The van der Waals surface area contributed by atoms with Crippen LogP contribution in [0, 0.1) is 5.92 Å². The Morgan fingerprint density at radius 2 is 2.06 bits per heavy atom. The van der Waals surface area contributed by atoms with Crippen molar-refractivity contribution in [3.05, 3.63) is 25.0 Å². The normalized spacial score (nSPS) is 18.2. The van der Waals surface area contributed by atoms with E-state index in [0.717, 1.165) is 12.8 Å². The monoisotopic (exact) mass is 238 g/mol. The Labute approximate surface area is 103 Å². The molecule has 0 aromatic heterocycles. The maximum Gasteiger partial charge on any atom is 0.333 e. The van der Waals surface area contributed by atoms with Crippen LogP contribution in [0.5, 0.6) is 0 Å². The van der Waals surface area contributed by atoms with Crippen molar-refractivity contribution in [2.75, 3.05) is 6.61 Å². The van der Waals surface area contributed by atoms with Gasteiger partial charge in [-0.05, 0) is 25.7 Å². The van der Waals surface area contributed by atoms with Crippen LogP contribution < -0.4 is 0 Å². The number of ether oxygens (including phenoxy) is 2. The minimum Gasteiger partial charge on any atom is -0.498 e. The summed E-state index contributed by atoms with van der Waals surface area (Å²) in [7, 11) is 0. The fourth-order valence-electron chi connectivity index (χ4n) is 2.17. The van der Waals surface area contributed by atoms with E-state index in [4.69, 9.17) is 9.47 Å². The van der Waals surface area contributed by atoms with Crippen LogP contribution in [0.1, 0.15) is 39.0 Å². The van der Waals surface area contributed by atoms with Crippen LogP contribution in [0.2, 0.25) is 0 Å². The van der Waals surface area contributed by atoms with Gasteiger partial charge < -0.3 is 9.47 Å². The van der Waals surface area contributed by atoms with Gasteiger partial charge in [0.2, 0.25) is 0 Å². The van der Waals surface area contributed by atoms with Crippen molar-refractivity contribution in [1.82, 2.24) is 0 Å². The molecule has 1 saturated carbocycles. The van der Waals surface area contributed by atoms with Gasteiger partial charge in [-0.1, -0.05) is 32.4 Å². The molecule has 3 heteroatoms. The topological polar surface area (TPSA) is 35.5 Å². The van der Waals surface area contributed by atoms with E-state index in [1.807, 2.05) is 0 Å². The number of esters is 1. The smallest absolute Gasteiger partial charge is 0.333 e. The van der Waals surface area contributed by atoms with Gasteiger partial charge in [-0.3, -0.25) is 0 Å². The molecule has 1 fully saturated rings. The Morgan fingerprint density at radius 1 is 1.41 bits per heavy atom. The molecule has 17 heavy (non-hydrogen) atoms. The molecule has 0 saturated heterocycles. The number of carbonyl (C=O) groups is 1. The standard InChI is InChI=1S/C14H22O3/c1-4-16-10-13(17-14(15)11(2)3)12-8-6-5-7-9-12/h4,12-13H,1-2,5-10H2,3H3. The molecule has 1 atom stereocenters. The quantitative estimate of drug-likeness (QED) is 0.405. The van der Waals surface area contributed by atoms with Crippen LogP contribution in [0.25, 0.3) is 0 Å². The first kappa shape index (κ1) is 13.8.